The van der Waals surface area contributed by atoms with E-state index in [-0.39, 0.29) is 5.78 Å². The van der Waals surface area contributed by atoms with Gasteiger partial charge in [0.15, 0.2) is 5.78 Å². The first-order valence-corrected chi connectivity index (χ1v) is 9.24. The number of hydrogen-bond acceptors (Lipinski definition) is 4. The van der Waals surface area contributed by atoms with Crippen molar-refractivity contribution in [3.63, 3.8) is 0 Å². The van der Waals surface area contributed by atoms with Gasteiger partial charge in [-0.05, 0) is 58.0 Å². The smallest absolute Gasteiger partial charge is 0.163 e. The summed E-state index contributed by atoms with van der Waals surface area (Å²) in [6.45, 7) is 4.74. The minimum atomic E-state index is 0.0785. The summed E-state index contributed by atoms with van der Waals surface area (Å²) in [5.74, 6) is 0.812. The molecule has 0 atom stereocenters. The molecular formula is C19H24BrN3O. The van der Waals surface area contributed by atoms with Crippen molar-refractivity contribution in [2.75, 3.05) is 38.6 Å². The van der Waals surface area contributed by atoms with Crippen molar-refractivity contribution >= 4 is 38.3 Å². The van der Waals surface area contributed by atoms with E-state index in [9.17, 15) is 4.79 Å². The van der Waals surface area contributed by atoms with E-state index < -0.39 is 0 Å². The number of rotatable bonds is 4. The van der Waals surface area contributed by atoms with Crippen LogP contribution in [0.5, 0.6) is 0 Å². The van der Waals surface area contributed by atoms with Crippen LogP contribution in [0.2, 0.25) is 0 Å². The molecule has 1 aliphatic rings. The Morgan fingerprint density at radius 3 is 2.67 bits per heavy atom. The topological polar surface area (TPSA) is 36.4 Å². The maximum absolute atomic E-state index is 12.2. The zero-order valence-electron chi connectivity index (χ0n) is 14.6. The van der Waals surface area contributed by atoms with Crippen LogP contribution in [-0.4, -0.2) is 49.4 Å². The second-order valence-electron chi connectivity index (χ2n) is 6.93. The predicted molar refractivity (Wildman–Crippen MR) is 103 cm³/mol. The quantitative estimate of drug-likeness (QED) is 0.740. The standard InChI is InChI=1S/C19H24BrN3O/c1-13(24)17-11-21-18-5-4-15(20)10-16(18)19(17)23-8-6-14(7-9-23)12-22(2)3/h4-5,10-11,14H,6-9,12H2,1-3H3. The van der Waals surface area contributed by atoms with E-state index in [1.165, 1.54) is 0 Å². The van der Waals surface area contributed by atoms with Crippen molar-refractivity contribution in [1.82, 2.24) is 9.88 Å². The highest BCUT2D eigenvalue weighted by molar-refractivity contribution is 9.10. The number of fused-ring (bicyclic) bond motifs is 1. The van der Waals surface area contributed by atoms with Gasteiger partial charge in [-0.2, -0.15) is 0 Å². The SMILES string of the molecule is CC(=O)c1cnc2ccc(Br)cc2c1N1CCC(CN(C)C)CC1. The normalized spacial score (nSPS) is 16.1. The summed E-state index contributed by atoms with van der Waals surface area (Å²) in [4.78, 5) is 21.3. The highest BCUT2D eigenvalue weighted by atomic mass is 79.9. The molecule has 1 aromatic carbocycles. The number of carbonyl (C=O) groups is 1. The molecule has 3 rings (SSSR count). The maximum Gasteiger partial charge on any atom is 0.163 e. The molecule has 0 unspecified atom stereocenters. The molecule has 0 bridgehead atoms. The number of ketones is 1. The highest BCUT2D eigenvalue weighted by Gasteiger charge is 2.24. The van der Waals surface area contributed by atoms with E-state index >= 15 is 0 Å². The van der Waals surface area contributed by atoms with Gasteiger partial charge in [0.05, 0.1) is 16.8 Å². The van der Waals surface area contributed by atoms with E-state index in [0.717, 1.165) is 65.0 Å². The Labute approximate surface area is 152 Å². The van der Waals surface area contributed by atoms with Gasteiger partial charge < -0.3 is 9.80 Å². The molecule has 0 radical (unpaired) electrons. The highest BCUT2D eigenvalue weighted by Crippen LogP contribution is 2.34. The van der Waals surface area contributed by atoms with Gasteiger partial charge in [-0.1, -0.05) is 15.9 Å². The van der Waals surface area contributed by atoms with Crippen LogP contribution in [0.4, 0.5) is 5.69 Å². The Morgan fingerprint density at radius 1 is 1.33 bits per heavy atom. The van der Waals surface area contributed by atoms with Crippen LogP contribution in [0.1, 0.15) is 30.1 Å². The molecule has 1 fully saturated rings. The fourth-order valence-corrected chi connectivity index (χ4v) is 3.97. The summed E-state index contributed by atoms with van der Waals surface area (Å²) in [6.07, 6.45) is 4.06. The van der Waals surface area contributed by atoms with Gasteiger partial charge in [0.1, 0.15) is 0 Å². The molecule has 128 valence electrons. The van der Waals surface area contributed by atoms with E-state index in [0.29, 0.717) is 0 Å². The number of hydrogen-bond donors (Lipinski definition) is 0. The molecule has 1 aromatic heterocycles. The maximum atomic E-state index is 12.2. The monoisotopic (exact) mass is 389 g/mol. The largest absolute Gasteiger partial charge is 0.370 e. The first-order chi connectivity index (χ1) is 11.5. The van der Waals surface area contributed by atoms with E-state index in [1.54, 1.807) is 13.1 Å². The molecule has 0 aliphatic carbocycles. The summed E-state index contributed by atoms with van der Waals surface area (Å²) < 4.78 is 1.02. The van der Waals surface area contributed by atoms with Crippen molar-refractivity contribution in [3.8, 4) is 0 Å². The molecule has 0 spiro atoms. The first-order valence-electron chi connectivity index (χ1n) is 8.44. The zero-order valence-corrected chi connectivity index (χ0v) is 16.1. The van der Waals surface area contributed by atoms with Gasteiger partial charge in [-0.15, -0.1) is 0 Å². The van der Waals surface area contributed by atoms with Gasteiger partial charge in [-0.25, -0.2) is 0 Å². The summed E-state index contributed by atoms with van der Waals surface area (Å²) in [6, 6.07) is 6.08. The van der Waals surface area contributed by atoms with Gasteiger partial charge >= 0.3 is 0 Å². The lowest BCUT2D eigenvalue weighted by molar-refractivity contribution is 0.101. The molecule has 0 amide bonds. The van der Waals surface area contributed by atoms with Gasteiger partial charge in [0, 0.05) is 35.7 Å². The fraction of sp³-hybridized carbons (Fsp3) is 0.474. The lowest BCUT2D eigenvalue weighted by Gasteiger charge is -2.36. The average molecular weight is 390 g/mol. The number of anilines is 1. The Bertz CT molecular complexity index is 752. The molecule has 2 aromatic rings. The molecule has 1 aliphatic heterocycles. The Morgan fingerprint density at radius 2 is 2.04 bits per heavy atom. The van der Waals surface area contributed by atoms with Crippen molar-refractivity contribution in [2.45, 2.75) is 19.8 Å². The van der Waals surface area contributed by atoms with Crippen LogP contribution < -0.4 is 4.90 Å². The Hall–Kier alpha value is -1.46. The van der Waals surface area contributed by atoms with Crippen molar-refractivity contribution in [3.05, 3.63) is 34.4 Å². The van der Waals surface area contributed by atoms with Crippen LogP contribution >= 0.6 is 15.9 Å². The zero-order chi connectivity index (χ0) is 17.3. The number of pyridine rings is 1. The molecule has 2 heterocycles. The lowest BCUT2D eigenvalue weighted by Crippen LogP contribution is -2.37. The van der Waals surface area contributed by atoms with Crippen LogP contribution in [0.3, 0.4) is 0 Å². The number of carbonyl (C=O) groups excluding carboxylic acids is 1. The fourth-order valence-electron chi connectivity index (χ4n) is 3.60. The molecule has 0 saturated carbocycles. The minimum absolute atomic E-state index is 0.0785. The number of halogens is 1. The molecule has 4 nitrogen and oxygen atoms in total. The van der Waals surface area contributed by atoms with Crippen LogP contribution in [-0.2, 0) is 0 Å². The van der Waals surface area contributed by atoms with Crippen molar-refractivity contribution in [1.29, 1.82) is 0 Å². The van der Waals surface area contributed by atoms with E-state index in [4.69, 9.17) is 0 Å². The average Bonchev–Trinajstić information content (AvgIpc) is 2.54. The van der Waals surface area contributed by atoms with Gasteiger partial charge in [0.25, 0.3) is 0 Å². The third kappa shape index (κ3) is 3.62. The van der Waals surface area contributed by atoms with Crippen LogP contribution in [0.15, 0.2) is 28.9 Å². The summed E-state index contributed by atoms with van der Waals surface area (Å²) in [5.41, 5.74) is 2.72. The lowest BCUT2D eigenvalue weighted by atomic mass is 9.94. The molecule has 0 N–H and O–H groups in total. The minimum Gasteiger partial charge on any atom is -0.370 e. The van der Waals surface area contributed by atoms with Crippen molar-refractivity contribution < 1.29 is 4.79 Å². The predicted octanol–water partition coefficient (Wildman–Crippen LogP) is 3.98. The molecule has 24 heavy (non-hydrogen) atoms. The molecule has 1 saturated heterocycles. The van der Waals surface area contributed by atoms with Gasteiger partial charge in [-0.3, -0.25) is 9.78 Å². The van der Waals surface area contributed by atoms with Crippen LogP contribution in [0, 0.1) is 5.92 Å². The molecular weight excluding hydrogens is 366 g/mol. The van der Waals surface area contributed by atoms with Gasteiger partial charge in [0.2, 0.25) is 0 Å². The second-order valence-corrected chi connectivity index (χ2v) is 7.85. The third-order valence-electron chi connectivity index (χ3n) is 4.73. The Balaban J connectivity index is 1.97. The Kier molecular flexibility index (Phi) is 5.21. The third-order valence-corrected chi connectivity index (χ3v) is 5.23. The second kappa shape index (κ2) is 7.19. The number of benzene rings is 1. The number of Topliss-reactive ketones (excluding diaryl/α,β-unsaturated/α-hetero) is 1. The molecule has 5 heteroatoms. The summed E-state index contributed by atoms with van der Waals surface area (Å²) >= 11 is 3.55. The van der Waals surface area contributed by atoms with Crippen LogP contribution in [0.25, 0.3) is 10.9 Å². The summed E-state index contributed by atoms with van der Waals surface area (Å²) in [5, 5.41) is 1.06. The van der Waals surface area contributed by atoms with Crippen molar-refractivity contribution in [2.24, 2.45) is 5.92 Å². The summed E-state index contributed by atoms with van der Waals surface area (Å²) in [7, 11) is 4.27. The van der Waals surface area contributed by atoms with E-state index in [1.807, 2.05) is 12.1 Å². The number of aromatic nitrogens is 1. The number of piperidine rings is 1. The number of nitrogens with zero attached hydrogens (tertiary/aromatic N) is 3. The van der Waals surface area contributed by atoms with E-state index in [2.05, 4.69) is 50.9 Å². The first kappa shape index (κ1) is 17.4.